The second kappa shape index (κ2) is 12.7. The monoisotopic (exact) mass is 592 g/mol. The number of carbonyl (C=O) groups excluding carboxylic acids is 1. The highest BCUT2D eigenvalue weighted by Gasteiger charge is 2.38. The van der Waals surface area contributed by atoms with E-state index in [-0.39, 0.29) is 21.6 Å². The molecule has 15 heteroatoms. The van der Waals surface area contributed by atoms with Gasteiger partial charge in [0.15, 0.2) is 0 Å². The van der Waals surface area contributed by atoms with Crippen molar-refractivity contribution in [3.8, 4) is 5.75 Å². The number of piperazine rings is 1. The largest absolute Gasteiger partial charge is 0.495 e. The second-order valence-electron chi connectivity index (χ2n) is 8.67. The van der Waals surface area contributed by atoms with E-state index in [2.05, 4.69) is 14.9 Å². The Balaban J connectivity index is 0.000000532. The van der Waals surface area contributed by atoms with Crippen LogP contribution >= 0.6 is 11.6 Å². The highest BCUT2D eigenvalue weighted by atomic mass is 35.5. The van der Waals surface area contributed by atoms with Crippen molar-refractivity contribution in [2.75, 3.05) is 56.0 Å². The van der Waals surface area contributed by atoms with Gasteiger partial charge in [0.05, 0.1) is 18.5 Å². The molecule has 2 aliphatic heterocycles. The number of likely N-dealkylation sites (tertiary alicyclic amines) is 1. The third-order valence-electron chi connectivity index (χ3n) is 6.00. The van der Waals surface area contributed by atoms with E-state index in [9.17, 15) is 26.4 Å². The number of nitrogens with zero attached hydrogens (tertiary/aromatic N) is 2. The van der Waals surface area contributed by atoms with Gasteiger partial charge in [-0.15, -0.1) is 0 Å². The normalized spacial score (nSPS) is 15.8. The van der Waals surface area contributed by atoms with E-state index in [1.54, 1.807) is 23.1 Å². The van der Waals surface area contributed by atoms with Gasteiger partial charge in [0.2, 0.25) is 0 Å². The number of carboxylic acids is 1. The molecule has 2 fully saturated rings. The molecular formula is C24H28ClF3N4O6S. The van der Waals surface area contributed by atoms with Crippen LogP contribution in [0.5, 0.6) is 5.75 Å². The third kappa shape index (κ3) is 7.90. The van der Waals surface area contributed by atoms with E-state index < -0.39 is 22.2 Å². The number of hydrogen-bond acceptors (Lipinski definition) is 7. The fraction of sp³-hybridized carbons (Fsp3) is 0.417. The predicted octanol–water partition coefficient (Wildman–Crippen LogP) is 3.43. The highest BCUT2D eigenvalue weighted by molar-refractivity contribution is 7.92. The van der Waals surface area contributed by atoms with Crippen molar-refractivity contribution in [2.45, 2.75) is 23.9 Å². The number of alkyl halides is 3. The zero-order chi connectivity index (χ0) is 28.8. The SMILES string of the molecule is COc1ccc(Cl)cc1S(=O)(=O)Nc1cc(C(=O)N2CCCC2)ccc1N1CCNCC1.O=C(O)C(F)(F)F. The van der Waals surface area contributed by atoms with Crippen LogP contribution in [0.4, 0.5) is 24.5 Å². The first-order valence-corrected chi connectivity index (χ1v) is 13.7. The summed E-state index contributed by atoms with van der Waals surface area (Å²) in [6.45, 7) is 4.49. The molecule has 0 spiro atoms. The lowest BCUT2D eigenvalue weighted by molar-refractivity contribution is -0.192. The number of methoxy groups -OCH3 is 1. The number of ether oxygens (including phenoxy) is 1. The summed E-state index contributed by atoms with van der Waals surface area (Å²) in [7, 11) is -2.62. The Morgan fingerprint density at radius 1 is 1.05 bits per heavy atom. The highest BCUT2D eigenvalue weighted by Crippen LogP contribution is 2.33. The van der Waals surface area contributed by atoms with Crippen molar-refractivity contribution in [2.24, 2.45) is 0 Å². The number of amides is 1. The van der Waals surface area contributed by atoms with Gasteiger partial charge in [0, 0.05) is 49.9 Å². The number of halogens is 4. The summed E-state index contributed by atoms with van der Waals surface area (Å²) < 4.78 is 66.3. The van der Waals surface area contributed by atoms with E-state index in [1.807, 2.05) is 6.07 Å². The topological polar surface area (TPSA) is 128 Å². The first-order valence-electron chi connectivity index (χ1n) is 11.9. The van der Waals surface area contributed by atoms with Gasteiger partial charge in [-0.2, -0.15) is 13.2 Å². The molecule has 0 bridgehead atoms. The van der Waals surface area contributed by atoms with Crippen LogP contribution in [-0.4, -0.2) is 82.9 Å². The average molecular weight is 593 g/mol. The van der Waals surface area contributed by atoms with Crippen molar-refractivity contribution in [3.63, 3.8) is 0 Å². The first kappa shape index (κ1) is 30.3. The molecule has 0 unspecified atom stereocenters. The van der Waals surface area contributed by atoms with E-state index >= 15 is 0 Å². The molecule has 0 aliphatic carbocycles. The lowest BCUT2D eigenvalue weighted by Gasteiger charge is -2.31. The molecule has 214 valence electrons. The molecule has 2 aliphatic rings. The summed E-state index contributed by atoms with van der Waals surface area (Å²) in [6, 6.07) is 9.67. The van der Waals surface area contributed by atoms with Crippen molar-refractivity contribution >= 4 is 44.9 Å². The number of sulfonamides is 1. The van der Waals surface area contributed by atoms with Gasteiger partial charge < -0.3 is 25.0 Å². The van der Waals surface area contributed by atoms with Crippen LogP contribution in [0.3, 0.4) is 0 Å². The molecular weight excluding hydrogens is 565 g/mol. The van der Waals surface area contributed by atoms with Gasteiger partial charge in [-0.3, -0.25) is 9.52 Å². The first-order chi connectivity index (χ1) is 18.3. The lowest BCUT2D eigenvalue weighted by Crippen LogP contribution is -2.43. The minimum atomic E-state index is -5.08. The number of aliphatic carboxylic acids is 1. The Morgan fingerprint density at radius 3 is 2.23 bits per heavy atom. The van der Waals surface area contributed by atoms with Crippen LogP contribution < -0.4 is 19.7 Å². The number of carboxylic acid groups (broad SMARTS) is 1. The van der Waals surface area contributed by atoms with E-state index in [1.165, 1.54) is 19.2 Å². The zero-order valence-electron chi connectivity index (χ0n) is 20.9. The molecule has 0 atom stereocenters. The molecule has 2 saturated heterocycles. The van der Waals surface area contributed by atoms with Crippen molar-refractivity contribution in [1.82, 2.24) is 10.2 Å². The van der Waals surface area contributed by atoms with Crippen LogP contribution in [0.25, 0.3) is 0 Å². The quantitative estimate of drug-likeness (QED) is 0.466. The minimum Gasteiger partial charge on any atom is -0.495 e. The zero-order valence-corrected chi connectivity index (χ0v) is 22.5. The van der Waals surface area contributed by atoms with Crippen molar-refractivity contribution < 1.29 is 41.0 Å². The smallest absolute Gasteiger partial charge is 0.490 e. The Labute approximate surface area is 228 Å². The molecule has 0 saturated carbocycles. The summed E-state index contributed by atoms with van der Waals surface area (Å²) in [4.78, 5) is 25.7. The molecule has 2 heterocycles. The van der Waals surface area contributed by atoms with Gasteiger partial charge in [0.25, 0.3) is 15.9 Å². The summed E-state index contributed by atoms with van der Waals surface area (Å²) in [5.74, 6) is -2.66. The average Bonchev–Trinajstić information content (AvgIpc) is 3.43. The van der Waals surface area contributed by atoms with Crippen LogP contribution in [-0.2, 0) is 14.8 Å². The summed E-state index contributed by atoms with van der Waals surface area (Å²) in [6.07, 6.45) is -3.11. The van der Waals surface area contributed by atoms with E-state index in [4.69, 9.17) is 26.2 Å². The number of benzene rings is 2. The third-order valence-corrected chi connectivity index (χ3v) is 7.62. The molecule has 1 amide bonds. The van der Waals surface area contributed by atoms with Gasteiger partial charge >= 0.3 is 12.1 Å². The Morgan fingerprint density at radius 2 is 1.67 bits per heavy atom. The van der Waals surface area contributed by atoms with E-state index in [0.29, 0.717) is 11.3 Å². The lowest BCUT2D eigenvalue weighted by atomic mass is 10.1. The second-order valence-corrected chi connectivity index (χ2v) is 10.8. The molecule has 2 aromatic rings. The number of nitrogens with one attached hydrogen (secondary N) is 2. The van der Waals surface area contributed by atoms with Crippen LogP contribution in [0.2, 0.25) is 5.02 Å². The van der Waals surface area contributed by atoms with Gasteiger partial charge in [-0.05, 0) is 49.2 Å². The maximum atomic E-state index is 13.3. The summed E-state index contributed by atoms with van der Waals surface area (Å²) in [5, 5.41) is 10.7. The number of anilines is 2. The molecule has 39 heavy (non-hydrogen) atoms. The van der Waals surface area contributed by atoms with Crippen LogP contribution in [0, 0.1) is 0 Å². The fourth-order valence-electron chi connectivity index (χ4n) is 4.10. The number of hydrogen-bond donors (Lipinski definition) is 3. The molecule has 10 nitrogen and oxygen atoms in total. The Kier molecular flexibility index (Phi) is 9.91. The summed E-state index contributed by atoms with van der Waals surface area (Å²) in [5.41, 5.74) is 1.55. The fourth-order valence-corrected chi connectivity index (χ4v) is 5.59. The van der Waals surface area contributed by atoms with Crippen LogP contribution in [0.1, 0.15) is 23.2 Å². The van der Waals surface area contributed by atoms with Gasteiger partial charge in [0.1, 0.15) is 10.6 Å². The molecule has 0 radical (unpaired) electrons. The molecule has 4 rings (SSSR count). The molecule has 0 aromatic heterocycles. The van der Waals surface area contributed by atoms with Crippen LogP contribution in [0.15, 0.2) is 41.3 Å². The Bertz CT molecular complexity index is 1300. The number of rotatable bonds is 6. The molecule has 3 N–H and O–H groups in total. The van der Waals surface area contributed by atoms with Crippen molar-refractivity contribution in [1.29, 1.82) is 0 Å². The maximum absolute atomic E-state index is 13.3. The Hall–Kier alpha value is -3.23. The van der Waals surface area contributed by atoms with Gasteiger partial charge in [-0.1, -0.05) is 11.6 Å². The minimum absolute atomic E-state index is 0.0602. The van der Waals surface area contributed by atoms with Crippen molar-refractivity contribution in [3.05, 3.63) is 47.0 Å². The maximum Gasteiger partial charge on any atom is 0.490 e. The van der Waals surface area contributed by atoms with Gasteiger partial charge in [-0.25, -0.2) is 13.2 Å². The standard InChI is InChI=1S/C22H27ClN4O4S.C2HF3O2/c1-31-20-7-5-17(23)15-21(20)32(29,30)25-18-14-16(22(28)27-10-2-3-11-27)4-6-19(18)26-12-8-24-9-13-26;3-2(4,5)1(6)7/h4-7,14-15,24-25H,2-3,8-13H2,1H3;(H,6,7). The van der Waals surface area contributed by atoms with E-state index in [0.717, 1.165) is 57.8 Å². The number of carbonyl (C=O) groups is 2. The predicted molar refractivity (Wildman–Crippen MR) is 139 cm³/mol. The summed E-state index contributed by atoms with van der Waals surface area (Å²) >= 11 is 6.06. The molecule has 2 aromatic carbocycles.